The van der Waals surface area contributed by atoms with Crippen LogP contribution in [0.25, 0.3) is 99.5 Å². The Bertz CT molecular complexity index is 3050. The van der Waals surface area contributed by atoms with E-state index in [0.29, 0.717) is 0 Å². The average Bonchev–Trinajstić information content (AvgIpc) is 3.84. The lowest BCUT2D eigenvalue weighted by Gasteiger charge is -2.15. The molecule has 0 aliphatic carbocycles. The van der Waals surface area contributed by atoms with Crippen LogP contribution in [0, 0.1) is 13.8 Å². The fraction of sp³-hybridized carbons (Fsp3) is 0.0357. The van der Waals surface area contributed by atoms with Crippen molar-refractivity contribution in [1.82, 2.24) is 9.13 Å². The second kappa shape index (κ2) is 13.7. The van der Waals surface area contributed by atoms with Crippen molar-refractivity contribution in [2.24, 2.45) is 0 Å². The third-order valence-electron chi connectivity index (χ3n) is 12.1. The fourth-order valence-corrected chi connectivity index (χ4v) is 9.30. The molecule has 0 saturated carbocycles. The van der Waals surface area contributed by atoms with Crippen LogP contribution in [0.3, 0.4) is 0 Å². The Morgan fingerprint density at radius 2 is 0.517 bits per heavy atom. The van der Waals surface area contributed by atoms with Crippen molar-refractivity contribution in [2.45, 2.75) is 13.8 Å². The molecule has 0 atom stereocenters. The van der Waals surface area contributed by atoms with Crippen LogP contribution < -0.4 is 0 Å². The number of fused-ring (bicyclic) bond motifs is 6. The first-order chi connectivity index (χ1) is 28.6. The molecule has 2 heterocycles. The highest BCUT2D eigenvalue weighted by Crippen LogP contribution is 2.45. The van der Waals surface area contributed by atoms with E-state index in [1.807, 2.05) is 0 Å². The molecule has 0 N–H and O–H groups in total. The standard InChI is InChI=1S/C56H40N2/c1-37-53-49-17-9-11-19-51(49)58(48-35-31-46(32-36-48)44-27-23-42(24-28-44)40-15-7-4-8-16-40)56(53)38(2)54-50-18-10-12-20-52(50)57(55(37)54)47-33-29-45(30-34-47)43-25-21-41(22-26-43)39-13-5-3-6-14-39/h3-36H,1-2H3. The third-order valence-corrected chi connectivity index (χ3v) is 12.1. The first-order valence-electron chi connectivity index (χ1n) is 20.1. The Hall–Kier alpha value is -7.42. The molecule has 11 aromatic rings. The zero-order valence-electron chi connectivity index (χ0n) is 32.5. The van der Waals surface area contributed by atoms with Gasteiger partial charge in [0.1, 0.15) is 0 Å². The summed E-state index contributed by atoms with van der Waals surface area (Å²) in [5.41, 5.74) is 19.6. The van der Waals surface area contributed by atoms with Crippen LogP contribution in [0.1, 0.15) is 11.1 Å². The van der Waals surface area contributed by atoms with Crippen LogP contribution in [0.4, 0.5) is 0 Å². The SMILES string of the molecule is Cc1c2c3ccccc3n(-c3ccc(-c4ccc(-c5ccccc5)cc4)cc3)c2c(C)c2c3ccccc3n(-c3ccc(-c4ccc(-c5ccccc5)cc4)cc3)c12. The zero-order valence-corrected chi connectivity index (χ0v) is 32.5. The first kappa shape index (κ1) is 33.9. The highest BCUT2D eigenvalue weighted by molar-refractivity contribution is 6.23. The largest absolute Gasteiger partial charge is 0.309 e. The molecule has 0 saturated heterocycles. The van der Waals surface area contributed by atoms with E-state index in [1.54, 1.807) is 0 Å². The Balaban J connectivity index is 1.04. The Morgan fingerprint density at radius 3 is 0.845 bits per heavy atom. The number of para-hydroxylation sites is 2. The van der Waals surface area contributed by atoms with E-state index < -0.39 is 0 Å². The molecule has 11 rings (SSSR count). The van der Waals surface area contributed by atoms with E-state index in [2.05, 4.69) is 229 Å². The van der Waals surface area contributed by atoms with E-state index in [0.717, 1.165) is 11.4 Å². The lowest BCUT2D eigenvalue weighted by atomic mass is 9.98. The molecule has 0 fully saturated rings. The first-order valence-corrected chi connectivity index (χ1v) is 20.1. The number of hydrogen-bond donors (Lipinski definition) is 0. The number of aryl methyl sites for hydroxylation is 2. The predicted octanol–water partition coefficient (Wildman–Crippen LogP) is 15.2. The van der Waals surface area contributed by atoms with Crippen LogP contribution in [0.5, 0.6) is 0 Å². The maximum Gasteiger partial charge on any atom is 0.0580 e. The quantitative estimate of drug-likeness (QED) is 0.161. The van der Waals surface area contributed by atoms with Gasteiger partial charge < -0.3 is 9.13 Å². The minimum Gasteiger partial charge on any atom is -0.309 e. The van der Waals surface area contributed by atoms with Gasteiger partial charge in [0, 0.05) is 32.9 Å². The van der Waals surface area contributed by atoms with Crippen molar-refractivity contribution < 1.29 is 0 Å². The van der Waals surface area contributed by atoms with Gasteiger partial charge >= 0.3 is 0 Å². The van der Waals surface area contributed by atoms with Gasteiger partial charge in [-0.05, 0) is 106 Å². The van der Waals surface area contributed by atoms with E-state index >= 15 is 0 Å². The fourth-order valence-electron chi connectivity index (χ4n) is 9.30. The van der Waals surface area contributed by atoms with Crippen LogP contribution >= 0.6 is 0 Å². The monoisotopic (exact) mass is 740 g/mol. The van der Waals surface area contributed by atoms with Gasteiger partial charge in [0.25, 0.3) is 0 Å². The lowest BCUT2D eigenvalue weighted by molar-refractivity contribution is 1.16. The van der Waals surface area contributed by atoms with Crippen molar-refractivity contribution in [2.75, 3.05) is 0 Å². The molecule has 0 unspecified atom stereocenters. The average molecular weight is 741 g/mol. The molecular formula is C56H40N2. The van der Waals surface area contributed by atoms with Gasteiger partial charge in [-0.25, -0.2) is 0 Å². The summed E-state index contributed by atoms with van der Waals surface area (Å²) in [6, 6.07) is 74.9. The minimum atomic E-state index is 1.16. The summed E-state index contributed by atoms with van der Waals surface area (Å²) in [5.74, 6) is 0. The van der Waals surface area contributed by atoms with E-state index in [1.165, 1.54) is 99.2 Å². The molecule has 0 amide bonds. The number of rotatable bonds is 6. The number of aromatic nitrogens is 2. The molecule has 2 aromatic heterocycles. The molecule has 0 spiro atoms. The van der Waals surface area contributed by atoms with Crippen molar-refractivity contribution in [3.63, 3.8) is 0 Å². The molecular weight excluding hydrogens is 701 g/mol. The molecule has 0 aliphatic rings. The summed E-state index contributed by atoms with van der Waals surface area (Å²) in [5, 5.41) is 5.15. The number of hydrogen-bond acceptors (Lipinski definition) is 0. The van der Waals surface area contributed by atoms with Crippen molar-refractivity contribution in [1.29, 1.82) is 0 Å². The highest BCUT2D eigenvalue weighted by Gasteiger charge is 2.24. The van der Waals surface area contributed by atoms with Gasteiger partial charge in [-0.2, -0.15) is 0 Å². The summed E-state index contributed by atoms with van der Waals surface area (Å²) in [6.45, 7) is 4.64. The molecule has 9 aromatic carbocycles. The summed E-state index contributed by atoms with van der Waals surface area (Å²) >= 11 is 0. The van der Waals surface area contributed by atoms with Gasteiger partial charge in [-0.3, -0.25) is 0 Å². The van der Waals surface area contributed by atoms with Crippen LogP contribution in [0.15, 0.2) is 206 Å². The van der Waals surface area contributed by atoms with Gasteiger partial charge in [-0.15, -0.1) is 0 Å². The Morgan fingerprint density at radius 1 is 0.259 bits per heavy atom. The summed E-state index contributed by atoms with van der Waals surface area (Å²) < 4.78 is 4.97. The van der Waals surface area contributed by atoms with Gasteiger partial charge in [0.15, 0.2) is 0 Å². The molecule has 0 aliphatic heterocycles. The van der Waals surface area contributed by atoms with Crippen molar-refractivity contribution in [3.8, 4) is 55.9 Å². The zero-order chi connectivity index (χ0) is 38.7. The van der Waals surface area contributed by atoms with Crippen LogP contribution in [0.2, 0.25) is 0 Å². The summed E-state index contributed by atoms with van der Waals surface area (Å²) in [7, 11) is 0. The maximum absolute atomic E-state index is 2.48. The molecule has 0 bridgehead atoms. The Kier molecular flexibility index (Phi) is 7.97. The topological polar surface area (TPSA) is 9.86 Å². The van der Waals surface area contributed by atoms with Gasteiger partial charge in [0.05, 0.1) is 22.1 Å². The second-order valence-electron chi connectivity index (χ2n) is 15.4. The highest BCUT2D eigenvalue weighted by atomic mass is 15.0. The normalized spacial score (nSPS) is 11.6. The van der Waals surface area contributed by atoms with E-state index in [-0.39, 0.29) is 0 Å². The van der Waals surface area contributed by atoms with Crippen molar-refractivity contribution >= 4 is 43.6 Å². The van der Waals surface area contributed by atoms with Crippen LogP contribution in [-0.2, 0) is 0 Å². The third kappa shape index (κ3) is 5.41. The number of nitrogens with zero attached hydrogens (tertiary/aromatic N) is 2. The molecule has 0 radical (unpaired) electrons. The van der Waals surface area contributed by atoms with Gasteiger partial charge in [0.2, 0.25) is 0 Å². The predicted molar refractivity (Wildman–Crippen MR) is 246 cm³/mol. The molecule has 2 nitrogen and oxygen atoms in total. The molecule has 2 heteroatoms. The lowest BCUT2D eigenvalue weighted by Crippen LogP contribution is -1.99. The second-order valence-corrected chi connectivity index (χ2v) is 15.4. The Labute approximate surface area is 338 Å². The summed E-state index contributed by atoms with van der Waals surface area (Å²) in [6.07, 6.45) is 0. The van der Waals surface area contributed by atoms with Crippen molar-refractivity contribution in [3.05, 3.63) is 217 Å². The van der Waals surface area contributed by atoms with Crippen LogP contribution in [-0.4, -0.2) is 9.13 Å². The van der Waals surface area contributed by atoms with Gasteiger partial charge in [-0.1, -0.05) is 170 Å². The minimum absolute atomic E-state index is 1.16. The smallest absolute Gasteiger partial charge is 0.0580 e. The van der Waals surface area contributed by atoms with E-state index in [4.69, 9.17) is 0 Å². The molecule has 274 valence electrons. The number of benzene rings is 9. The van der Waals surface area contributed by atoms with E-state index in [9.17, 15) is 0 Å². The molecule has 58 heavy (non-hydrogen) atoms. The maximum atomic E-state index is 2.48. The summed E-state index contributed by atoms with van der Waals surface area (Å²) in [4.78, 5) is 0.